The number of nitrogens with zero attached hydrogens (tertiary/aromatic N) is 1. The molecule has 0 amide bonds. The summed E-state index contributed by atoms with van der Waals surface area (Å²) in [6, 6.07) is 0. The summed E-state index contributed by atoms with van der Waals surface area (Å²) in [6.45, 7) is 9.00. The van der Waals surface area contributed by atoms with E-state index in [0.717, 1.165) is 0 Å². The van der Waals surface area contributed by atoms with Gasteiger partial charge in [-0.25, -0.2) is 4.98 Å². The third kappa shape index (κ3) is 7.10. The second-order valence-corrected chi connectivity index (χ2v) is 7.72. The van der Waals surface area contributed by atoms with Crippen molar-refractivity contribution in [3.05, 3.63) is 16.1 Å². The molecule has 1 aromatic heterocycles. The fourth-order valence-corrected chi connectivity index (χ4v) is 3.21. The molecule has 0 radical (unpaired) electrons. The molecule has 2 heteroatoms. The van der Waals surface area contributed by atoms with Crippen molar-refractivity contribution in [2.24, 2.45) is 0 Å². The van der Waals surface area contributed by atoms with E-state index in [-0.39, 0.29) is 5.41 Å². The summed E-state index contributed by atoms with van der Waals surface area (Å²) in [5.74, 6) is 0. The number of unbranched alkanes of at least 4 members (excludes halogenated alkanes) is 7. The molecule has 19 heavy (non-hydrogen) atoms. The van der Waals surface area contributed by atoms with E-state index in [9.17, 15) is 0 Å². The zero-order chi connectivity index (χ0) is 14.1. The number of hydrogen-bond acceptors (Lipinski definition) is 2. The highest BCUT2D eigenvalue weighted by molar-refractivity contribution is 7.11. The first-order valence-electron chi connectivity index (χ1n) is 7.99. The molecule has 0 spiro atoms. The van der Waals surface area contributed by atoms with Crippen molar-refractivity contribution >= 4 is 11.3 Å². The monoisotopic (exact) mass is 281 g/mol. The average molecular weight is 282 g/mol. The Labute approximate surface area is 123 Å². The Bertz CT molecular complexity index is 335. The predicted octanol–water partition coefficient (Wildman–Crippen LogP) is 6.12. The van der Waals surface area contributed by atoms with Gasteiger partial charge in [-0.15, -0.1) is 11.3 Å². The molecule has 0 unspecified atom stereocenters. The van der Waals surface area contributed by atoms with E-state index in [1.54, 1.807) is 0 Å². The minimum atomic E-state index is 0.211. The van der Waals surface area contributed by atoms with Crippen LogP contribution in [0.4, 0.5) is 0 Å². The van der Waals surface area contributed by atoms with Crippen LogP contribution in [0.5, 0.6) is 0 Å². The summed E-state index contributed by atoms with van der Waals surface area (Å²) in [4.78, 5) is 6.02. The van der Waals surface area contributed by atoms with Gasteiger partial charge < -0.3 is 0 Å². The fourth-order valence-electron chi connectivity index (χ4n) is 2.20. The molecule has 1 nitrogen and oxygen atoms in total. The number of aromatic nitrogens is 1. The highest BCUT2D eigenvalue weighted by atomic mass is 32.1. The average Bonchev–Trinajstić information content (AvgIpc) is 2.81. The summed E-state index contributed by atoms with van der Waals surface area (Å²) in [7, 11) is 0. The zero-order valence-electron chi connectivity index (χ0n) is 13.3. The topological polar surface area (TPSA) is 12.9 Å². The number of aryl methyl sites for hydroxylation is 1. The molecule has 110 valence electrons. The number of thiazole rings is 1. The van der Waals surface area contributed by atoms with Gasteiger partial charge in [-0.1, -0.05) is 72.6 Å². The maximum absolute atomic E-state index is 4.55. The smallest absolute Gasteiger partial charge is 0.0981 e. The van der Waals surface area contributed by atoms with Crippen molar-refractivity contribution < 1.29 is 0 Å². The second kappa shape index (κ2) is 8.73. The maximum atomic E-state index is 4.55. The lowest BCUT2D eigenvalue weighted by Crippen LogP contribution is -2.09. The van der Waals surface area contributed by atoms with Gasteiger partial charge in [0.2, 0.25) is 0 Å². The van der Waals surface area contributed by atoms with E-state index in [4.69, 9.17) is 0 Å². The van der Waals surface area contributed by atoms with Gasteiger partial charge >= 0.3 is 0 Å². The molecule has 0 saturated carbocycles. The Hall–Kier alpha value is -0.370. The molecular weight excluding hydrogens is 250 g/mol. The minimum Gasteiger partial charge on any atom is -0.249 e. The molecule has 0 aliphatic rings. The minimum absolute atomic E-state index is 0.211. The molecule has 0 saturated heterocycles. The molecule has 1 heterocycles. The Balaban J connectivity index is 2.08. The van der Waals surface area contributed by atoms with Crippen LogP contribution >= 0.6 is 11.3 Å². The Morgan fingerprint density at radius 2 is 1.53 bits per heavy atom. The third-order valence-electron chi connectivity index (χ3n) is 3.47. The quantitative estimate of drug-likeness (QED) is 0.497. The van der Waals surface area contributed by atoms with E-state index >= 15 is 0 Å². The molecule has 1 aromatic rings. The van der Waals surface area contributed by atoms with Crippen molar-refractivity contribution in [2.75, 3.05) is 0 Å². The Kier molecular flexibility index (Phi) is 7.67. The van der Waals surface area contributed by atoms with Crippen LogP contribution in [-0.2, 0) is 11.8 Å². The standard InChI is InChI=1S/C17H31NS/c1-5-6-7-8-9-10-11-12-13-15-14-18-16(19-15)17(2,3)4/h14H,5-13H2,1-4H3. The van der Waals surface area contributed by atoms with Crippen LogP contribution < -0.4 is 0 Å². The van der Waals surface area contributed by atoms with E-state index < -0.39 is 0 Å². The molecule has 0 fully saturated rings. The van der Waals surface area contributed by atoms with Crippen LogP contribution in [-0.4, -0.2) is 4.98 Å². The molecule has 0 bridgehead atoms. The Morgan fingerprint density at radius 1 is 0.947 bits per heavy atom. The summed E-state index contributed by atoms with van der Waals surface area (Å²) < 4.78 is 0. The van der Waals surface area contributed by atoms with Crippen LogP contribution in [0.3, 0.4) is 0 Å². The number of rotatable bonds is 9. The second-order valence-electron chi connectivity index (χ2n) is 6.61. The highest BCUT2D eigenvalue weighted by Crippen LogP contribution is 2.27. The summed E-state index contributed by atoms with van der Waals surface area (Å²) in [5, 5.41) is 1.28. The Morgan fingerprint density at radius 3 is 2.05 bits per heavy atom. The van der Waals surface area contributed by atoms with E-state index in [0.29, 0.717) is 0 Å². The van der Waals surface area contributed by atoms with Gasteiger partial charge in [0.15, 0.2) is 0 Å². The highest BCUT2D eigenvalue weighted by Gasteiger charge is 2.17. The SMILES string of the molecule is CCCCCCCCCCc1cnc(C(C)(C)C)s1. The fraction of sp³-hybridized carbons (Fsp3) is 0.824. The van der Waals surface area contributed by atoms with Crippen molar-refractivity contribution in [3.63, 3.8) is 0 Å². The van der Waals surface area contributed by atoms with E-state index in [1.165, 1.54) is 67.7 Å². The van der Waals surface area contributed by atoms with Crippen LogP contribution in [0, 0.1) is 0 Å². The molecule has 0 aliphatic heterocycles. The lowest BCUT2D eigenvalue weighted by atomic mass is 9.98. The molecule has 0 aromatic carbocycles. The molecular formula is C17H31NS. The first-order chi connectivity index (χ1) is 9.04. The summed E-state index contributed by atoms with van der Waals surface area (Å²) in [5.41, 5.74) is 0.211. The van der Waals surface area contributed by atoms with Crippen LogP contribution in [0.15, 0.2) is 6.20 Å². The van der Waals surface area contributed by atoms with Crippen molar-refractivity contribution in [1.29, 1.82) is 0 Å². The molecule has 1 rings (SSSR count). The van der Waals surface area contributed by atoms with Gasteiger partial charge in [-0.3, -0.25) is 0 Å². The molecule has 0 aliphatic carbocycles. The lowest BCUT2D eigenvalue weighted by molar-refractivity contribution is 0.576. The third-order valence-corrected chi connectivity index (χ3v) is 4.95. The van der Waals surface area contributed by atoms with Gasteiger partial charge in [-0.2, -0.15) is 0 Å². The van der Waals surface area contributed by atoms with Crippen molar-refractivity contribution in [2.45, 2.75) is 90.9 Å². The largest absolute Gasteiger partial charge is 0.249 e. The van der Waals surface area contributed by atoms with Crippen LogP contribution in [0.1, 0.15) is 88.9 Å². The van der Waals surface area contributed by atoms with Gasteiger partial charge in [-0.05, 0) is 12.8 Å². The van der Waals surface area contributed by atoms with E-state index in [1.807, 2.05) is 11.3 Å². The zero-order valence-corrected chi connectivity index (χ0v) is 14.1. The van der Waals surface area contributed by atoms with Gasteiger partial charge in [0.05, 0.1) is 5.01 Å². The van der Waals surface area contributed by atoms with Gasteiger partial charge in [0.1, 0.15) is 0 Å². The van der Waals surface area contributed by atoms with Crippen molar-refractivity contribution in [3.8, 4) is 0 Å². The molecule has 0 atom stereocenters. The van der Waals surface area contributed by atoms with Crippen molar-refractivity contribution in [1.82, 2.24) is 4.98 Å². The van der Waals surface area contributed by atoms with Gasteiger partial charge in [0.25, 0.3) is 0 Å². The predicted molar refractivity (Wildman–Crippen MR) is 87.1 cm³/mol. The van der Waals surface area contributed by atoms with Crippen LogP contribution in [0.2, 0.25) is 0 Å². The number of hydrogen-bond donors (Lipinski definition) is 0. The summed E-state index contributed by atoms with van der Waals surface area (Å²) >= 11 is 1.90. The lowest BCUT2D eigenvalue weighted by Gasteiger charge is -2.13. The maximum Gasteiger partial charge on any atom is 0.0981 e. The van der Waals surface area contributed by atoms with Gasteiger partial charge in [0, 0.05) is 16.5 Å². The molecule has 0 N–H and O–H groups in total. The first-order valence-corrected chi connectivity index (χ1v) is 8.81. The van der Waals surface area contributed by atoms with E-state index in [2.05, 4.69) is 38.9 Å². The summed E-state index contributed by atoms with van der Waals surface area (Å²) in [6.07, 6.45) is 14.5. The normalized spacial score (nSPS) is 12.0. The first kappa shape index (κ1) is 16.7. The van der Waals surface area contributed by atoms with Crippen LogP contribution in [0.25, 0.3) is 0 Å².